The molecule has 0 aliphatic carbocycles. The molecule has 0 amide bonds. The van der Waals surface area contributed by atoms with Crippen LogP contribution in [0.25, 0.3) is 0 Å². The van der Waals surface area contributed by atoms with E-state index in [2.05, 4.69) is 5.32 Å². The van der Waals surface area contributed by atoms with Gasteiger partial charge in [0.1, 0.15) is 0 Å². The van der Waals surface area contributed by atoms with Crippen LogP contribution < -0.4 is 5.32 Å². The van der Waals surface area contributed by atoms with Crippen LogP contribution in [0.3, 0.4) is 0 Å². The van der Waals surface area contributed by atoms with Gasteiger partial charge in [0.15, 0.2) is 0 Å². The number of aliphatic hydroxyl groups excluding tert-OH is 1. The fourth-order valence-corrected chi connectivity index (χ4v) is 1.30. The van der Waals surface area contributed by atoms with E-state index in [9.17, 15) is 0 Å². The topological polar surface area (TPSA) is 41.5 Å². The fourth-order valence-electron chi connectivity index (χ4n) is 1.30. The smallest absolute Gasteiger partial charge is 0.0781 e. The molecule has 0 aromatic rings. The number of aliphatic hydroxyl groups is 1. The molecule has 1 heterocycles. The second-order valence-electron chi connectivity index (χ2n) is 3.08. The van der Waals surface area contributed by atoms with Crippen molar-refractivity contribution in [1.29, 1.82) is 0 Å². The fraction of sp³-hybridized carbons (Fsp3) is 1.00. The summed E-state index contributed by atoms with van der Waals surface area (Å²) in [6.07, 6.45) is 2.51. The van der Waals surface area contributed by atoms with Gasteiger partial charge in [0.2, 0.25) is 0 Å². The molecule has 1 rings (SSSR count). The number of nitrogens with one attached hydrogen (secondary N) is 1. The molecule has 0 aromatic heterocycles. The van der Waals surface area contributed by atoms with Gasteiger partial charge in [-0.1, -0.05) is 0 Å². The van der Waals surface area contributed by atoms with Crippen LogP contribution >= 0.6 is 0 Å². The maximum absolute atomic E-state index is 8.72. The highest BCUT2D eigenvalue weighted by Crippen LogP contribution is 2.09. The van der Waals surface area contributed by atoms with E-state index in [4.69, 9.17) is 9.84 Å². The van der Waals surface area contributed by atoms with Crippen molar-refractivity contribution < 1.29 is 9.84 Å². The van der Waals surface area contributed by atoms with Crippen molar-refractivity contribution in [3.05, 3.63) is 0 Å². The van der Waals surface area contributed by atoms with Crippen LogP contribution in [0.15, 0.2) is 0 Å². The third-order valence-corrected chi connectivity index (χ3v) is 1.97. The molecule has 3 heteroatoms. The third-order valence-electron chi connectivity index (χ3n) is 1.97. The zero-order valence-corrected chi connectivity index (χ0v) is 7.05. The highest BCUT2D eigenvalue weighted by molar-refractivity contribution is 4.69. The first kappa shape index (κ1) is 8.97. The zero-order valence-electron chi connectivity index (χ0n) is 7.05. The van der Waals surface area contributed by atoms with Gasteiger partial charge >= 0.3 is 0 Å². The van der Waals surface area contributed by atoms with Gasteiger partial charge in [-0.15, -0.1) is 0 Å². The zero-order chi connectivity index (χ0) is 8.10. The molecule has 66 valence electrons. The highest BCUT2D eigenvalue weighted by Gasteiger charge is 2.15. The van der Waals surface area contributed by atoms with Crippen molar-refractivity contribution in [2.75, 3.05) is 19.7 Å². The van der Waals surface area contributed by atoms with Gasteiger partial charge < -0.3 is 15.2 Å². The largest absolute Gasteiger partial charge is 0.394 e. The Hall–Kier alpha value is -0.120. The number of rotatable bonds is 3. The van der Waals surface area contributed by atoms with Gasteiger partial charge in [0.05, 0.1) is 18.8 Å². The Labute approximate surface area is 67.7 Å². The summed E-state index contributed by atoms with van der Waals surface area (Å²) in [5.74, 6) is 0. The minimum Gasteiger partial charge on any atom is -0.394 e. The Morgan fingerprint density at radius 3 is 2.73 bits per heavy atom. The average molecular weight is 159 g/mol. The predicted octanol–water partition coefficient (Wildman–Crippen LogP) is 0.136. The van der Waals surface area contributed by atoms with E-state index >= 15 is 0 Å². The van der Waals surface area contributed by atoms with Crippen molar-refractivity contribution >= 4 is 0 Å². The van der Waals surface area contributed by atoms with Gasteiger partial charge in [0.25, 0.3) is 0 Å². The second kappa shape index (κ2) is 4.70. The number of hydrogen-bond donors (Lipinski definition) is 2. The molecule has 11 heavy (non-hydrogen) atoms. The maximum Gasteiger partial charge on any atom is 0.0781 e. The van der Waals surface area contributed by atoms with E-state index in [1.807, 2.05) is 6.92 Å². The minimum atomic E-state index is -0.00176. The van der Waals surface area contributed by atoms with E-state index in [0.717, 1.165) is 25.9 Å². The van der Waals surface area contributed by atoms with E-state index in [-0.39, 0.29) is 12.7 Å². The third kappa shape index (κ3) is 3.18. The lowest BCUT2D eigenvalue weighted by molar-refractivity contribution is -0.0407. The van der Waals surface area contributed by atoms with Crippen molar-refractivity contribution in [3.63, 3.8) is 0 Å². The normalized spacial score (nSPS) is 23.5. The van der Waals surface area contributed by atoms with E-state index in [0.29, 0.717) is 6.10 Å². The van der Waals surface area contributed by atoms with Crippen LogP contribution in [0.1, 0.15) is 19.8 Å². The second-order valence-corrected chi connectivity index (χ2v) is 3.08. The lowest BCUT2D eigenvalue weighted by Gasteiger charge is -2.25. The lowest BCUT2D eigenvalue weighted by Crippen LogP contribution is -2.34. The summed E-state index contributed by atoms with van der Waals surface area (Å²) < 4.78 is 5.55. The maximum atomic E-state index is 8.72. The molecular weight excluding hydrogens is 142 g/mol. The molecule has 0 radical (unpaired) electrons. The molecule has 0 aromatic carbocycles. The summed E-state index contributed by atoms with van der Waals surface area (Å²) in [5.41, 5.74) is 0. The summed E-state index contributed by atoms with van der Waals surface area (Å²) in [5, 5.41) is 12.0. The molecule has 3 nitrogen and oxygen atoms in total. The number of piperidine rings is 1. The summed E-state index contributed by atoms with van der Waals surface area (Å²) in [6, 6.07) is 0. The summed E-state index contributed by atoms with van der Waals surface area (Å²) >= 11 is 0. The molecule has 0 bridgehead atoms. The molecule has 0 spiro atoms. The van der Waals surface area contributed by atoms with Crippen LogP contribution in [0.2, 0.25) is 0 Å². The summed E-state index contributed by atoms with van der Waals surface area (Å²) in [4.78, 5) is 0. The Bertz CT molecular complexity index is 102. The SMILES string of the molecule is C[C@@H](CO)OC1CCNCC1. The van der Waals surface area contributed by atoms with E-state index in [1.54, 1.807) is 0 Å². The summed E-state index contributed by atoms with van der Waals surface area (Å²) in [7, 11) is 0. The first-order chi connectivity index (χ1) is 5.33. The van der Waals surface area contributed by atoms with E-state index < -0.39 is 0 Å². The molecule has 0 saturated carbocycles. The predicted molar refractivity (Wildman–Crippen MR) is 43.5 cm³/mol. The Morgan fingerprint density at radius 1 is 1.55 bits per heavy atom. The standard InChI is InChI=1S/C8H17NO2/c1-7(6-10)11-8-2-4-9-5-3-8/h7-10H,2-6H2,1H3/t7-/m0/s1. The van der Waals surface area contributed by atoms with Crippen molar-refractivity contribution in [1.82, 2.24) is 5.32 Å². The van der Waals surface area contributed by atoms with Crippen molar-refractivity contribution in [2.24, 2.45) is 0 Å². The van der Waals surface area contributed by atoms with Crippen LogP contribution in [0.4, 0.5) is 0 Å². The molecule has 2 N–H and O–H groups in total. The monoisotopic (exact) mass is 159 g/mol. The molecule has 1 fully saturated rings. The van der Waals surface area contributed by atoms with Crippen molar-refractivity contribution in [3.8, 4) is 0 Å². The summed E-state index contributed by atoms with van der Waals surface area (Å²) in [6.45, 7) is 4.12. The van der Waals surface area contributed by atoms with Crippen molar-refractivity contribution in [2.45, 2.75) is 32.0 Å². The van der Waals surface area contributed by atoms with Gasteiger partial charge in [-0.05, 0) is 32.9 Å². The first-order valence-corrected chi connectivity index (χ1v) is 4.30. The Kier molecular flexibility index (Phi) is 3.83. The van der Waals surface area contributed by atoms with Gasteiger partial charge in [0, 0.05) is 0 Å². The Morgan fingerprint density at radius 2 is 2.18 bits per heavy atom. The first-order valence-electron chi connectivity index (χ1n) is 4.30. The van der Waals surface area contributed by atoms with Crippen LogP contribution in [0, 0.1) is 0 Å². The Balaban J connectivity index is 2.13. The molecule has 0 unspecified atom stereocenters. The molecule has 1 aliphatic rings. The van der Waals surface area contributed by atoms with Crippen LogP contribution in [0.5, 0.6) is 0 Å². The quantitative estimate of drug-likeness (QED) is 0.615. The molecule has 1 saturated heterocycles. The molecular formula is C8H17NO2. The van der Waals surface area contributed by atoms with Crippen LogP contribution in [-0.4, -0.2) is 37.0 Å². The van der Waals surface area contributed by atoms with Gasteiger partial charge in [-0.25, -0.2) is 0 Å². The molecule has 1 aliphatic heterocycles. The number of hydrogen-bond acceptors (Lipinski definition) is 3. The minimum absolute atomic E-state index is 0.00176. The van der Waals surface area contributed by atoms with E-state index in [1.165, 1.54) is 0 Å². The lowest BCUT2D eigenvalue weighted by atomic mass is 10.1. The van der Waals surface area contributed by atoms with Crippen LogP contribution in [-0.2, 0) is 4.74 Å². The molecule has 1 atom stereocenters. The number of ether oxygens (including phenoxy) is 1. The average Bonchev–Trinajstić information content (AvgIpc) is 2.06. The highest BCUT2D eigenvalue weighted by atomic mass is 16.5. The van der Waals surface area contributed by atoms with Gasteiger partial charge in [-0.2, -0.15) is 0 Å². The van der Waals surface area contributed by atoms with Gasteiger partial charge in [-0.3, -0.25) is 0 Å².